The van der Waals surface area contributed by atoms with E-state index in [0.29, 0.717) is 0 Å². The van der Waals surface area contributed by atoms with Crippen molar-refractivity contribution in [1.82, 2.24) is 9.80 Å². The lowest BCUT2D eigenvalue weighted by Gasteiger charge is -2.40. The third kappa shape index (κ3) is 6.24. The molecular weight excluding hydrogens is 236 g/mol. The number of hydrogen-bond acceptors (Lipinski definition) is 3. The van der Waals surface area contributed by atoms with Crippen molar-refractivity contribution >= 4 is 0 Å². The highest BCUT2D eigenvalue weighted by molar-refractivity contribution is 4.81. The Morgan fingerprint density at radius 2 is 1.53 bits per heavy atom. The Morgan fingerprint density at radius 1 is 1.00 bits per heavy atom. The Bertz CT molecular complexity index is 207. The van der Waals surface area contributed by atoms with Crippen molar-refractivity contribution in [1.29, 1.82) is 0 Å². The minimum Gasteiger partial charge on any atom is -0.379 e. The highest BCUT2D eigenvalue weighted by atomic mass is 16.5. The summed E-state index contributed by atoms with van der Waals surface area (Å²) in [6.45, 7) is 13.4. The highest BCUT2D eigenvalue weighted by Crippen LogP contribution is 2.23. The van der Waals surface area contributed by atoms with Gasteiger partial charge in [0.05, 0.1) is 13.2 Å². The lowest BCUT2D eigenvalue weighted by molar-refractivity contribution is -0.000329. The summed E-state index contributed by atoms with van der Waals surface area (Å²) in [4.78, 5) is 5.06. The molecule has 0 aromatic heterocycles. The summed E-state index contributed by atoms with van der Waals surface area (Å²) in [5, 5.41) is 0. The first kappa shape index (κ1) is 16.9. The molecule has 0 saturated carbocycles. The molecule has 0 bridgehead atoms. The summed E-state index contributed by atoms with van der Waals surface area (Å²) in [7, 11) is 2.23. The molecular formula is C16H34N2O. The van der Waals surface area contributed by atoms with Crippen molar-refractivity contribution in [2.75, 3.05) is 46.4 Å². The summed E-state index contributed by atoms with van der Waals surface area (Å²) < 4.78 is 5.40. The van der Waals surface area contributed by atoms with Crippen LogP contribution in [0.25, 0.3) is 0 Å². The number of rotatable bonds is 3. The van der Waals surface area contributed by atoms with Gasteiger partial charge in [-0.15, -0.1) is 0 Å². The standard InChI is InChI=1S/C12H24N2O.C4H10/c1-11(14-7-9-15-10-8-14)12-3-5-13(2)6-4-12;1-3-4-2/h11-12H,3-10H2,1-2H3;3-4H2,1-2H3. The van der Waals surface area contributed by atoms with Gasteiger partial charge in [-0.1, -0.05) is 26.7 Å². The molecule has 0 amide bonds. The molecule has 0 aliphatic carbocycles. The normalized spacial score (nSPS) is 24.6. The molecule has 2 heterocycles. The number of hydrogen-bond donors (Lipinski definition) is 0. The summed E-state index contributed by atoms with van der Waals surface area (Å²) in [5.74, 6) is 0.902. The maximum atomic E-state index is 5.40. The van der Waals surface area contributed by atoms with Crippen LogP contribution in [0.4, 0.5) is 0 Å². The zero-order valence-electron chi connectivity index (χ0n) is 13.5. The maximum absolute atomic E-state index is 5.40. The van der Waals surface area contributed by atoms with E-state index in [-0.39, 0.29) is 0 Å². The summed E-state index contributed by atoms with van der Waals surface area (Å²) in [6, 6.07) is 0.752. The monoisotopic (exact) mass is 270 g/mol. The summed E-state index contributed by atoms with van der Waals surface area (Å²) in [6.07, 6.45) is 5.38. The van der Waals surface area contributed by atoms with Gasteiger partial charge in [0.2, 0.25) is 0 Å². The van der Waals surface area contributed by atoms with E-state index in [0.717, 1.165) is 38.3 Å². The van der Waals surface area contributed by atoms with Crippen LogP contribution >= 0.6 is 0 Å². The SMILES string of the molecule is CC(C1CCN(C)CC1)N1CCOCC1.CCCC. The molecule has 2 fully saturated rings. The van der Waals surface area contributed by atoms with Gasteiger partial charge < -0.3 is 9.64 Å². The molecule has 0 aromatic rings. The van der Waals surface area contributed by atoms with Crippen molar-refractivity contribution in [3.05, 3.63) is 0 Å². The van der Waals surface area contributed by atoms with E-state index in [1.165, 1.54) is 38.8 Å². The van der Waals surface area contributed by atoms with E-state index in [9.17, 15) is 0 Å². The van der Waals surface area contributed by atoms with Crippen LogP contribution in [0.15, 0.2) is 0 Å². The second-order valence-corrected chi connectivity index (χ2v) is 6.03. The van der Waals surface area contributed by atoms with Crippen LogP contribution in [0, 0.1) is 5.92 Å². The van der Waals surface area contributed by atoms with E-state index in [2.05, 4.69) is 37.6 Å². The van der Waals surface area contributed by atoms with Gasteiger partial charge in [-0.05, 0) is 45.8 Å². The second kappa shape index (κ2) is 9.73. The smallest absolute Gasteiger partial charge is 0.0594 e. The lowest BCUT2D eigenvalue weighted by atomic mass is 9.89. The van der Waals surface area contributed by atoms with Crippen molar-refractivity contribution in [2.24, 2.45) is 5.92 Å². The number of ether oxygens (including phenoxy) is 1. The van der Waals surface area contributed by atoms with Gasteiger partial charge in [-0.25, -0.2) is 0 Å². The summed E-state index contributed by atoms with van der Waals surface area (Å²) in [5.41, 5.74) is 0. The number of piperidine rings is 1. The first-order valence-electron chi connectivity index (χ1n) is 8.19. The number of likely N-dealkylation sites (tertiary alicyclic amines) is 1. The molecule has 3 heteroatoms. The van der Waals surface area contributed by atoms with Gasteiger partial charge in [0.15, 0.2) is 0 Å². The zero-order valence-corrected chi connectivity index (χ0v) is 13.5. The van der Waals surface area contributed by atoms with E-state index >= 15 is 0 Å². The van der Waals surface area contributed by atoms with Crippen LogP contribution < -0.4 is 0 Å². The lowest BCUT2D eigenvalue weighted by Crippen LogP contribution is -2.47. The molecule has 3 nitrogen and oxygen atoms in total. The third-order valence-corrected chi connectivity index (χ3v) is 4.57. The molecule has 2 rings (SSSR count). The molecule has 0 N–H and O–H groups in total. The molecule has 2 aliphatic rings. The van der Waals surface area contributed by atoms with Gasteiger partial charge >= 0.3 is 0 Å². The topological polar surface area (TPSA) is 15.7 Å². The minimum absolute atomic E-state index is 0.752. The van der Waals surface area contributed by atoms with Crippen molar-refractivity contribution in [3.8, 4) is 0 Å². The second-order valence-electron chi connectivity index (χ2n) is 6.03. The van der Waals surface area contributed by atoms with E-state index in [1.54, 1.807) is 0 Å². The van der Waals surface area contributed by atoms with Crippen LogP contribution in [-0.4, -0.2) is 62.3 Å². The van der Waals surface area contributed by atoms with Crippen LogP contribution in [0.1, 0.15) is 46.5 Å². The largest absolute Gasteiger partial charge is 0.379 e. The average Bonchev–Trinajstić information content (AvgIpc) is 2.48. The molecule has 0 spiro atoms. The summed E-state index contributed by atoms with van der Waals surface area (Å²) >= 11 is 0. The molecule has 0 radical (unpaired) electrons. The van der Waals surface area contributed by atoms with Crippen LogP contribution in [-0.2, 0) is 4.74 Å². The van der Waals surface area contributed by atoms with Gasteiger partial charge in [0.1, 0.15) is 0 Å². The number of unbranched alkanes of at least 4 members (excludes halogenated alkanes) is 1. The van der Waals surface area contributed by atoms with Crippen molar-refractivity contribution in [3.63, 3.8) is 0 Å². The Balaban J connectivity index is 0.000000399. The molecule has 19 heavy (non-hydrogen) atoms. The predicted octanol–water partition coefficient (Wildman–Crippen LogP) is 2.86. The average molecular weight is 270 g/mol. The predicted molar refractivity (Wildman–Crippen MR) is 82.7 cm³/mol. The molecule has 2 aliphatic heterocycles. The number of morpholine rings is 1. The van der Waals surface area contributed by atoms with Gasteiger partial charge in [-0.2, -0.15) is 0 Å². The molecule has 1 unspecified atom stereocenters. The quantitative estimate of drug-likeness (QED) is 0.784. The van der Waals surface area contributed by atoms with E-state index in [4.69, 9.17) is 4.74 Å². The number of nitrogens with zero attached hydrogens (tertiary/aromatic N) is 2. The Hall–Kier alpha value is -0.120. The van der Waals surface area contributed by atoms with E-state index < -0.39 is 0 Å². The first-order valence-corrected chi connectivity index (χ1v) is 8.19. The van der Waals surface area contributed by atoms with Crippen molar-refractivity contribution in [2.45, 2.75) is 52.5 Å². The maximum Gasteiger partial charge on any atom is 0.0594 e. The highest BCUT2D eigenvalue weighted by Gasteiger charge is 2.27. The first-order chi connectivity index (χ1) is 9.19. The molecule has 1 atom stereocenters. The fourth-order valence-corrected chi connectivity index (χ4v) is 2.79. The fourth-order valence-electron chi connectivity index (χ4n) is 2.79. The van der Waals surface area contributed by atoms with Gasteiger partial charge in [0, 0.05) is 19.1 Å². The molecule has 2 saturated heterocycles. The van der Waals surface area contributed by atoms with Gasteiger partial charge in [-0.3, -0.25) is 4.90 Å². The third-order valence-electron chi connectivity index (χ3n) is 4.57. The van der Waals surface area contributed by atoms with Crippen molar-refractivity contribution < 1.29 is 4.74 Å². The van der Waals surface area contributed by atoms with E-state index in [1.807, 2.05) is 0 Å². The van der Waals surface area contributed by atoms with Crippen LogP contribution in [0.3, 0.4) is 0 Å². The fraction of sp³-hybridized carbons (Fsp3) is 1.00. The van der Waals surface area contributed by atoms with Crippen LogP contribution in [0.2, 0.25) is 0 Å². The molecule has 114 valence electrons. The van der Waals surface area contributed by atoms with Gasteiger partial charge in [0.25, 0.3) is 0 Å². The Kier molecular flexibility index (Phi) is 8.67. The zero-order chi connectivity index (χ0) is 14.1. The minimum atomic E-state index is 0.752. The Labute approximate surface area is 120 Å². The Morgan fingerprint density at radius 3 is 2.00 bits per heavy atom. The van der Waals surface area contributed by atoms with Crippen LogP contribution in [0.5, 0.6) is 0 Å². The molecule has 0 aromatic carbocycles.